The first kappa shape index (κ1) is 25.3. The van der Waals surface area contributed by atoms with E-state index in [1.165, 1.54) is 0 Å². The van der Waals surface area contributed by atoms with Gasteiger partial charge in [0.05, 0.1) is 24.3 Å². The number of carbonyl (C=O) groups is 2. The molecule has 0 aliphatic rings. The molecule has 0 unspecified atom stereocenters. The molecule has 0 radical (unpaired) electrons. The summed E-state index contributed by atoms with van der Waals surface area (Å²) in [6.45, 7) is 3.95. The van der Waals surface area contributed by atoms with Crippen LogP contribution in [0.4, 0.5) is 0 Å². The molecule has 3 aromatic rings. The Labute approximate surface area is 198 Å². The Bertz CT molecular complexity index is 1100. The average molecular weight is 466 g/mol. The number of aliphatic hydroxyl groups excluding tert-OH is 2. The summed E-state index contributed by atoms with van der Waals surface area (Å²) in [6, 6.07) is 13.1. The van der Waals surface area contributed by atoms with Crippen molar-refractivity contribution in [3.8, 4) is 11.3 Å². The van der Waals surface area contributed by atoms with Gasteiger partial charge in [0, 0.05) is 36.1 Å². The van der Waals surface area contributed by atoms with E-state index in [0.717, 1.165) is 16.8 Å². The molecule has 2 heterocycles. The molecular weight excluding hydrogens is 434 g/mol. The first-order valence-electron chi connectivity index (χ1n) is 11.4. The van der Waals surface area contributed by atoms with Crippen LogP contribution in [0.5, 0.6) is 0 Å². The molecule has 2 atom stereocenters. The zero-order valence-electron chi connectivity index (χ0n) is 19.5. The lowest BCUT2D eigenvalue weighted by molar-refractivity contribution is -0.139. The number of aromatic nitrogens is 3. The van der Waals surface area contributed by atoms with Crippen molar-refractivity contribution in [3.63, 3.8) is 0 Å². The van der Waals surface area contributed by atoms with Crippen LogP contribution in [0.25, 0.3) is 11.3 Å². The van der Waals surface area contributed by atoms with Gasteiger partial charge < -0.3 is 19.9 Å². The maximum absolute atomic E-state index is 13.3. The van der Waals surface area contributed by atoms with Crippen LogP contribution in [0, 0.1) is 0 Å². The predicted octanol–water partition coefficient (Wildman–Crippen LogP) is 3.47. The number of carboxylic acids is 1. The van der Waals surface area contributed by atoms with Crippen LogP contribution >= 0.6 is 0 Å². The number of hydrogen-bond acceptors (Lipinski definition) is 6. The van der Waals surface area contributed by atoms with E-state index in [9.17, 15) is 19.8 Å². The molecule has 0 fully saturated rings. The van der Waals surface area contributed by atoms with Gasteiger partial charge in [-0.15, -0.1) is 0 Å². The summed E-state index contributed by atoms with van der Waals surface area (Å²) in [5.74, 6) is -0.861. The van der Waals surface area contributed by atoms with Crippen LogP contribution < -0.4 is 0 Å². The highest BCUT2D eigenvalue weighted by atomic mass is 16.4. The highest BCUT2D eigenvalue weighted by Crippen LogP contribution is 2.29. The number of carboxylic acid groups (broad SMARTS) is 1. The Morgan fingerprint density at radius 1 is 1.03 bits per heavy atom. The molecule has 0 spiro atoms. The molecule has 34 heavy (non-hydrogen) atoms. The summed E-state index contributed by atoms with van der Waals surface area (Å²) in [5, 5.41) is 29.1. The van der Waals surface area contributed by atoms with Crippen molar-refractivity contribution in [1.29, 1.82) is 0 Å². The maximum Gasteiger partial charge on any atom is 0.305 e. The molecule has 0 bridgehead atoms. The van der Waals surface area contributed by atoms with E-state index in [1.54, 1.807) is 18.5 Å². The summed E-state index contributed by atoms with van der Waals surface area (Å²) < 4.78 is 1.91. The number of ketones is 1. The lowest BCUT2D eigenvalue weighted by Gasteiger charge is -2.18. The SMILES string of the molecule is CC(C)n1c(C(=O)Cc2ccccc2)nc(-c2cccnc2)c1CC[C@@H](O)C[C@@H](O)CC(=O)O. The fraction of sp³-hybridized carbons (Fsp3) is 0.385. The number of benzene rings is 1. The number of nitrogens with zero attached hydrogens (tertiary/aromatic N) is 3. The van der Waals surface area contributed by atoms with E-state index in [-0.39, 0.29) is 31.1 Å². The van der Waals surface area contributed by atoms with Gasteiger partial charge in [0.2, 0.25) is 5.78 Å². The number of pyridine rings is 1. The molecule has 2 aromatic heterocycles. The molecule has 0 amide bonds. The van der Waals surface area contributed by atoms with Crippen molar-refractivity contribution in [3.05, 3.63) is 71.9 Å². The third-order valence-electron chi connectivity index (χ3n) is 5.59. The molecule has 8 heteroatoms. The Hall–Kier alpha value is -3.36. The molecule has 3 N–H and O–H groups in total. The monoisotopic (exact) mass is 465 g/mol. The molecule has 8 nitrogen and oxygen atoms in total. The van der Waals surface area contributed by atoms with E-state index in [2.05, 4.69) is 4.98 Å². The first-order valence-corrected chi connectivity index (χ1v) is 11.4. The van der Waals surface area contributed by atoms with E-state index in [4.69, 9.17) is 10.1 Å². The second-order valence-electron chi connectivity index (χ2n) is 8.70. The summed E-state index contributed by atoms with van der Waals surface area (Å²) in [6.07, 6.45) is 1.79. The van der Waals surface area contributed by atoms with Crippen molar-refractivity contribution in [2.75, 3.05) is 0 Å². The predicted molar refractivity (Wildman–Crippen MR) is 128 cm³/mol. The zero-order chi connectivity index (χ0) is 24.7. The minimum Gasteiger partial charge on any atom is -0.481 e. The number of imidazole rings is 1. The number of rotatable bonds is 12. The molecule has 0 saturated carbocycles. The summed E-state index contributed by atoms with van der Waals surface area (Å²) >= 11 is 0. The normalized spacial score (nSPS) is 13.1. The minimum absolute atomic E-state index is 0.0376. The van der Waals surface area contributed by atoms with Crippen molar-refractivity contribution in [2.45, 2.75) is 64.2 Å². The second-order valence-corrected chi connectivity index (χ2v) is 8.70. The number of hydrogen-bond donors (Lipinski definition) is 3. The van der Waals surface area contributed by atoms with Crippen molar-refractivity contribution < 1.29 is 24.9 Å². The van der Waals surface area contributed by atoms with Gasteiger partial charge in [0.15, 0.2) is 5.82 Å². The lowest BCUT2D eigenvalue weighted by Crippen LogP contribution is -2.22. The Balaban J connectivity index is 1.92. The second kappa shape index (κ2) is 11.7. The summed E-state index contributed by atoms with van der Waals surface area (Å²) in [4.78, 5) is 33.0. The Morgan fingerprint density at radius 2 is 1.76 bits per heavy atom. The fourth-order valence-electron chi connectivity index (χ4n) is 4.07. The number of carbonyl (C=O) groups excluding carboxylic acids is 1. The van der Waals surface area contributed by atoms with Crippen LogP contribution in [-0.2, 0) is 17.6 Å². The van der Waals surface area contributed by atoms with Crippen LogP contribution in [-0.4, -0.2) is 53.8 Å². The van der Waals surface area contributed by atoms with Gasteiger partial charge in [-0.2, -0.15) is 0 Å². The molecular formula is C26H31N3O5. The smallest absolute Gasteiger partial charge is 0.305 e. The van der Waals surface area contributed by atoms with Crippen LogP contribution in [0.3, 0.4) is 0 Å². The number of Topliss-reactive ketones (excluding diaryl/α,β-unsaturated/α-hetero) is 1. The van der Waals surface area contributed by atoms with Gasteiger partial charge in [-0.25, -0.2) is 4.98 Å². The Kier molecular flexibility index (Phi) is 8.67. The third kappa shape index (κ3) is 6.59. The fourth-order valence-corrected chi connectivity index (χ4v) is 4.07. The van der Waals surface area contributed by atoms with E-state index >= 15 is 0 Å². The minimum atomic E-state index is -1.12. The van der Waals surface area contributed by atoms with Gasteiger partial charge in [-0.05, 0) is 50.8 Å². The molecule has 0 saturated heterocycles. The van der Waals surface area contributed by atoms with E-state index in [1.807, 2.05) is 54.8 Å². The average Bonchev–Trinajstić information content (AvgIpc) is 3.18. The summed E-state index contributed by atoms with van der Waals surface area (Å²) in [5.41, 5.74) is 3.10. The number of aliphatic carboxylic acids is 1. The quantitative estimate of drug-likeness (QED) is 0.350. The van der Waals surface area contributed by atoms with E-state index in [0.29, 0.717) is 17.9 Å². The maximum atomic E-state index is 13.3. The van der Waals surface area contributed by atoms with E-state index < -0.39 is 24.6 Å². The highest BCUT2D eigenvalue weighted by molar-refractivity contribution is 5.95. The first-order chi connectivity index (χ1) is 16.3. The van der Waals surface area contributed by atoms with Gasteiger partial charge >= 0.3 is 5.97 Å². The van der Waals surface area contributed by atoms with Crippen LogP contribution in [0.15, 0.2) is 54.9 Å². The van der Waals surface area contributed by atoms with Crippen molar-refractivity contribution in [2.24, 2.45) is 0 Å². The Morgan fingerprint density at radius 3 is 2.38 bits per heavy atom. The number of aliphatic hydroxyl groups is 2. The molecule has 3 rings (SSSR count). The molecule has 180 valence electrons. The zero-order valence-corrected chi connectivity index (χ0v) is 19.5. The van der Waals surface area contributed by atoms with Crippen molar-refractivity contribution >= 4 is 11.8 Å². The van der Waals surface area contributed by atoms with Gasteiger partial charge in [-0.3, -0.25) is 14.6 Å². The lowest BCUT2D eigenvalue weighted by atomic mass is 10.0. The molecule has 1 aromatic carbocycles. The van der Waals surface area contributed by atoms with Gasteiger partial charge in [0.25, 0.3) is 0 Å². The van der Waals surface area contributed by atoms with Crippen LogP contribution in [0.2, 0.25) is 0 Å². The largest absolute Gasteiger partial charge is 0.481 e. The van der Waals surface area contributed by atoms with Gasteiger partial charge in [0.1, 0.15) is 0 Å². The van der Waals surface area contributed by atoms with Crippen LogP contribution in [0.1, 0.15) is 61.0 Å². The topological polar surface area (TPSA) is 126 Å². The van der Waals surface area contributed by atoms with Gasteiger partial charge in [-0.1, -0.05) is 30.3 Å². The molecule has 0 aliphatic heterocycles. The molecule has 0 aliphatic carbocycles. The highest BCUT2D eigenvalue weighted by Gasteiger charge is 2.25. The standard InChI is InChI=1S/C26H31N3O5/c1-17(2)29-22(11-10-20(30)14-21(31)15-24(33)34)25(19-9-6-12-27-16-19)28-26(29)23(32)13-18-7-4-3-5-8-18/h3-9,12,16-17,20-21,30-31H,10-11,13-15H2,1-2H3,(H,33,34)/t20-,21-/m1/s1. The van der Waals surface area contributed by atoms with Crippen molar-refractivity contribution in [1.82, 2.24) is 14.5 Å². The third-order valence-corrected chi connectivity index (χ3v) is 5.59. The summed E-state index contributed by atoms with van der Waals surface area (Å²) in [7, 11) is 0.